The zero-order valence-electron chi connectivity index (χ0n) is 10.5. The molecule has 18 heavy (non-hydrogen) atoms. The molecular weight excluding hydrogens is 298 g/mol. The van der Waals surface area contributed by atoms with Crippen LogP contribution >= 0.6 is 15.9 Å². The SMILES string of the molecule is C=C(CNc1cc(OC)ccc1Br)C(=O)OCC. The van der Waals surface area contributed by atoms with E-state index in [9.17, 15) is 4.79 Å². The second kappa shape index (κ2) is 7.06. The van der Waals surface area contributed by atoms with Gasteiger partial charge in [0, 0.05) is 22.7 Å². The van der Waals surface area contributed by atoms with Gasteiger partial charge in [0.1, 0.15) is 5.75 Å². The van der Waals surface area contributed by atoms with Crippen LogP contribution in [-0.2, 0) is 9.53 Å². The molecule has 0 bridgehead atoms. The summed E-state index contributed by atoms with van der Waals surface area (Å²) in [5, 5.41) is 3.10. The summed E-state index contributed by atoms with van der Waals surface area (Å²) in [6.45, 7) is 6.11. The van der Waals surface area contributed by atoms with Crippen LogP contribution in [0.1, 0.15) is 6.92 Å². The number of nitrogens with one attached hydrogen (secondary N) is 1. The van der Waals surface area contributed by atoms with E-state index >= 15 is 0 Å². The fourth-order valence-electron chi connectivity index (χ4n) is 1.27. The Morgan fingerprint density at radius 2 is 2.22 bits per heavy atom. The average Bonchev–Trinajstić information content (AvgIpc) is 2.37. The van der Waals surface area contributed by atoms with Crippen molar-refractivity contribution in [3.63, 3.8) is 0 Å². The standard InChI is InChI=1S/C13H16BrNO3/c1-4-18-13(16)9(2)8-15-12-7-10(17-3)5-6-11(12)14/h5-7,15H,2,4,8H2,1,3H3. The molecule has 0 aliphatic heterocycles. The Bertz CT molecular complexity index is 446. The van der Waals surface area contributed by atoms with Gasteiger partial charge in [0.05, 0.1) is 19.4 Å². The molecule has 4 nitrogen and oxygen atoms in total. The van der Waals surface area contributed by atoms with Gasteiger partial charge in [0.25, 0.3) is 0 Å². The average molecular weight is 314 g/mol. The summed E-state index contributed by atoms with van der Waals surface area (Å²) in [6.07, 6.45) is 0. The first-order chi connectivity index (χ1) is 8.58. The van der Waals surface area contributed by atoms with Crippen molar-refractivity contribution in [3.05, 3.63) is 34.8 Å². The highest BCUT2D eigenvalue weighted by molar-refractivity contribution is 9.10. The molecule has 0 unspecified atom stereocenters. The van der Waals surface area contributed by atoms with Gasteiger partial charge in [-0.2, -0.15) is 0 Å². The molecule has 1 aromatic carbocycles. The number of carbonyl (C=O) groups excluding carboxylic acids is 1. The van der Waals surface area contributed by atoms with Crippen molar-refractivity contribution in [2.45, 2.75) is 6.92 Å². The summed E-state index contributed by atoms with van der Waals surface area (Å²) in [4.78, 5) is 11.4. The minimum Gasteiger partial charge on any atom is -0.497 e. The van der Waals surface area contributed by atoms with Gasteiger partial charge in [-0.15, -0.1) is 0 Å². The van der Waals surface area contributed by atoms with Crippen LogP contribution in [0.2, 0.25) is 0 Å². The molecular formula is C13H16BrNO3. The van der Waals surface area contributed by atoms with Gasteiger partial charge in [-0.3, -0.25) is 0 Å². The maximum Gasteiger partial charge on any atom is 0.335 e. The third kappa shape index (κ3) is 4.07. The first-order valence-corrected chi connectivity index (χ1v) is 6.30. The van der Waals surface area contributed by atoms with Crippen molar-refractivity contribution in [3.8, 4) is 5.75 Å². The second-order valence-electron chi connectivity index (χ2n) is 3.52. The predicted octanol–water partition coefficient (Wildman–Crippen LogP) is 2.99. The van der Waals surface area contributed by atoms with E-state index in [2.05, 4.69) is 27.8 Å². The summed E-state index contributed by atoms with van der Waals surface area (Å²) in [5.74, 6) is 0.353. The maximum atomic E-state index is 11.4. The molecule has 0 aliphatic rings. The van der Waals surface area contributed by atoms with Gasteiger partial charge in [-0.25, -0.2) is 4.79 Å². The van der Waals surface area contributed by atoms with E-state index in [1.165, 1.54) is 0 Å². The second-order valence-corrected chi connectivity index (χ2v) is 4.38. The van der Waals surface area contributed by atoms with Gasteiger partial charge in [-0.05, 0) is 35.0 Å². The molecule has 1 rings (SSSR count). The van der Waals surface area contributed by atoms with E-state index in [-0.39, 0.29) is 5.97 Å². The number of esters is 1. The molecule has 0 saturated carbocycles. The van der Waals surface area contributed by atoms with E-state index in [1.54, 1.807) is 14.0 Å². The summed E-state index contributed by atoms with van der Waals surface area (Å²) in [6, 6.07) is 5.55. The third-order valence-corrected chi connectivity index (χ3v) is 2.92. The number of anilines is 1. The Labute approximate surface area is 115 Å². The van der Waals surface area contributed by atoms with Gasteiger partial charge in [0.15, 0.2) is 0 Å². The quantitative estimate of drug-likeness (QED) is 0.648. The van der Waals surface area contributed by atoms with Crippen LogP contribution < -0.4 is 10.1 Å². The molecule has 5 heteroatoms. The van der Waals surface area contributed by atoms with Crippen LogP contribution in [0.25, 0.3) is 0 Å². The first-order valence-electron chi connectivity index (χ1n) is 5.50. The number of methoxy groups -OCH3 is 1. The van der Waals surface area contributed by atoms with E-state index in [4.69, 9.17) is 9.47 Å². The molecule has 98 valence electrons. The van der Waals surface area contributed by atoms with Gasteiger partial charge >= 0.3 is 5.97 Å². The van der Waals surface area contributed by atoms with Crippen LogP contribution in [0.3, 0.4) is 0 Å². The summed E-state index contributed by atoms with van der Waals surface area (Å²) >= 11 is 3.41. The van der Waals surface area contributed by atoms with Crippen molar-refractivity contribution in [2.24, 2.45) is 0 Å². The zero-order chi connectivity index (χ0) is 13.5. The molecule has 0 heterocycles. The van der Waals surface area contributed by atoms with E-state index in [0.29, 0.717) is 18.7 Å². The Morgan fingerprint density at radius 1 is 1.50 bits per heavy atom. The first kappa shape index (κ1) is 14.6. The van der Waals surface area contributed by atoms with E-state index in [0.717, 1.165) is 15.9 Å². The lowest BCUT2D eigenvalue weighted by atomic mass is 10.2. The molecule has 1 aromatic rings. The maximum absolute atomic E-state index is 11.4. The minimum absolute atomic E-state index is 0.324. The van der Waals surface area contributed by atoms with Crippen LogP contribution in [0.15, 0.2) is 34.8 Å². The Hall–Kier alpha value is -1.49. The predicted molar refractivity (Wildman–Crippen MR) is 75.0 cm³/mol. The van der Waals surface area contributed by atoms with Crippen LogP contribution in [0.5, 0.6) is 5.75 Å². The molecule has 0 radical (unpaired) electrons. The number of rotatable bonds is 6. The number of carbonyl (C=O) groups is 1. The zero-order valence-corrected chi connectivity index (χ0v) is 12.0. The number of hydrogen-bond donors (Lipinski definition) is 1. The monoisotopic (exact) mass is 313 g/mol. The summed E-state index contributed by atoms with van der Waals surface area (Å²) < 4.78 is 10.9. The molecule has 0 spiro atoms. The highest BCUT2D eigenvalue weighted by atomic mass is 79.9. The molecule has 0 amide bonds. The highest BCUT2D eigenvalue weighted by Gasteiger charge is 2.08. The number of hydrogen-bond acceptors (Lipinski definition) is 4. The molecule has 0 saturated heterocycles. The fraction of sp³-hybridized carbons (Fsp3) is 0.308. The lowest BCUT2D eigenvalue weighted by molar-refractivity contribution is -0.138. The summed E-state index contributed by atoms with van der Waals surface area (Å²) in [7, 11) is 1.60. The van der Waals surface area contributed by atoms with Gasteiger partial charge in [-0.1, -0.05) is 6.58 Å². The molecule has 0 atom stereocenters. The lowest BCUT2D eigenvalue weighted by Gasteiger charge is -2.11. The Balaban J connectivity index is 2.63. The lowest BCUT2D eigenvalue weighted by Crippen LogP contribution is -2.14. The van der Waals surface area contributed by atoms with Gasteiger partial charge < -0.3 is 14.8 Å². The van der Waals surface area contributed by atoms with Crippen LogP contribution in [-0.4, -0.2) is 26.2 Å². The smallest absolute Gasteiger partial charge is 0.335 e. The molecule has 1 N–H and O–H groups in total. The van der Waals surface area contributed by atoms with Crippen molar-refractivity contribution in [2.75, 3.05) is 25.6 Å². The normalized spacial score (nSPS) is 9.72. The largest absolute Gasteiger partial charge is 0.497 e. The molecule has 0 aromatic heterocycles. The topological polar surface area (TPSA) is 47.6 Å². The van der Waals surface area contributed by atoms with E-state index < -0.39 is 0 Å². The van der Waals surface area contributed by atoms with E-state index in [1.807, 2.05) is 18.2 Å². The number of ether oxygens (including phenoxy) is 2. The molecule has 0 aliphatic carbocycles. The van der Waals surface area contributed by atoms with Crippen molar-refractivity contribution >= 4 is 27.6 Å². The highest BCUT2D eigenvalue weighted by Crippen LogP contribution is 2.27. The molecule has 0 fully saturated rings. The van der Waals surface area contributed by atoms with Crippen molar-refractivity contribution in [1.82, 2.24) is 0 Å². The fourth-order valence-corrected chi connectivity index (χ4v) is 1.66. The Kier molecular flexibility index (Phi) is 5.71. The van der Waals surface area contributed by atoms with Crippen LogP contribution in [0.4, 0.5) is 5.69 Å². The Morgan fingerprint density at radius 3 is 2.83 bits per heavy atom. The number of benzene rings is 1. The van der Waals surface area contributed by atoms with Crippen LogP contribution in [0, 0.1) is 0 Å². The van der Waals surface area contributed by atoms with Crippen molar-refractivity contribution in [1.29, 1.82) is 0 Å². The van der Waals surface area contributed by atoms with Gasteiger partial charge in [0.2, 0.25) is 0 Å². The summed E-state index contributed by atoms with van der Waals surface area (Å²) in [5.41, 5.74) is 1.21. The number of halogens is 1. The van der Waals surface area contributed by atoms with Crippen molar-refractivity contribution < 1.29 is 14.3 Å². The third-order valence-electron chi connectivity index (χ3n) is 2.23. The minimum atomic E-state index is -0.385.